The van der Waals surface area contributed by atoms with Gasteiger partial charge in [-0.05, 0) is 43.3 Å². The summed E-state index contributed by atoms with van der Waals surface area (Å²) in [5.74, 6) is 1.33. The molecule has 0 saturated heterocycles. The number of fused-ring (bicyclic) bond motifs is 3. The number of methoxy groups -OCH3 is 1. The lowest BCUT2D eigenvalue weighted by molar-refractivity contribution is 0.0518. The fourth-order valence-corrected chi connectivity index (χ4v) is 5.17. The zero-order valence-electron chi connectivity index (χ0n) is 20.5. The molecule has 11 heteroatoms. The largest absolute Gasteiger partial charge is 0.495 e. The van der Waals surface area contributed by atoms with Gasteiger partial charge in [0.15, 0.2) is 10.7 Å². The second kappa shape index (κ2) is 11.0. The van der Waals surface area contributed by atoms with E-state index in [1.54, 1.807) is 29.5 Å². The fraction of sp³-hybridized carbons (Fsp3) is 0.148. The number of hydrogen-bond donors (Lipinski definition) is 2. The van der Waals surface area contributed by atoms with E-state index in [1.165, 1.54) is 24.6 Å². The molecule has 0 spiro atoms. The van der Waals surface area contributed by atoms with Crippen LogP contribution in [0.4, 0.5) is 10.5 Å². The third-order valence-corrected chi connectivity index (χ3v) is 6.95. The normalized spacial score (nSPS) is 10.9. The van der Waals surface area contributed by atoms with Crippen molar-refractivity contribution in [2.24, 2.45) is 0 Å². The predicted octanol–water partition coefficient (Wildman–Crippen LogP) is 6.50. The zero-order chi connectivity index (χ0) is 26.6. The number of nitrogens with one attached hydrogen (secondary N) is 2. The van der Waals surface area contributed by atoms with E-state index in [9.17, 15) is 9.59 Å². The topological polar surface area (TPSA) is 103 Å². The van der Waals surface area contributed by atoms with E-state index in [0.29, 0.717) is 38.6 Å². The summed E-state index contributed by atoms with van der Waals surface area (Å²) in [4.78, 5) is 29.8. The van der Waals surface area contributed by atoms with Crippen LogP contribution in [0.15, 0.2) is 66.9 Å². The minimum absolute atomic E-state index is 0.240. The first-order valence-electron chi connectivity index (χ1n) is 11.7. The SMILES string of the molecule is CCOC(=O)c1cnc2sc3cc(Oc4ccccc4CNC(=O)Nc4ccc(OC)c(Cl)c4)ccc3n12. The molecule has 5 rings (SSSR count). The number of imidazole rings is 1. The number of nitrogens with zero attached hydrogens (tertiary/aromatic N) is 2. The summed E-state index contributed by atoms with van der Waals surface area (Å²) < 4.78 is 19.2. The van der Waals surface area contributed by atoms with E-state index >= 15 is 0 Å². The van der Waals surface area contributed by atoms with Crippen LogP contribution < -0.4 is 20.1 Å². The van der Waals surface area contributed by atoms with Crippen molar-refractivity contribution in [1.82, 2.24) is 14.7 Å². The zero-order valence-corrected chi connectivity index (χ0v) is 22.1. The molecule has 0 atom stereocenters. The summed E-state index contributed by atoms with van der Waals surface area (Å²) in [6, 6.07) is 17.7. The lowest BCUT2D eigenvalue weighted by Crippen LogP contribution is -2.28. The lowest BCUT2D eigenvalue weighted by Gasteiger charge is -2.13. The smallest absolute Gasteiger partial charge is 0.357 e. The molecule has 194 valence electrons. The van der Waals surface area contributed by atoms with Gasteiger partial charge in [0, 0.05) is 23.9 Å². The molecule has 2 aromatic heterocycles. The molecule has 0 bridgehead atoms. The molecule has 38 heavy (non-hydrogen) atoms. The van der Waals surface area contributed by atoms with Gasteiger partial charge in [-0.15, -0.1) is 0 Å². The van der Waals surface area contributed by atoms with Gasteiger partial charge in [0.05, 0.1) is 35.2 Å². The Balaban J connectivity index is 1.30. The number of carbonyl (C=O) groups excluding carboxylic acids is 2. The molecule has 0 aliphatic heterocycles. The summed E-state index contributed by atoms with van der Waals surface area (Å²) in [6.07, 6.45) is 1.52. The minimum atomic E-state index is -0.416. The first-order valence-corrected chi connectivity index (χ1v) is 12.9. The highest BCUT2D eigenvalue weighted by molar-refractivity contribution is 7.23. The number of anilines is 1. The van der Waals surface area contributed by atoms with Crippen molar-refractivity contribution in [1.29, 1.82) is 0 Å². The molecule has 0 aliphatic rings. The highest BCUT2D eigenvalue weighted by Gasteiger charge is 2.18. The van der Waals surface area contributed by atoms with Crippen LogP contribution in [0.2, 0.25) is 5.02 Å². The van der Waals surface area contributed by atoms with Gasteiger partial charge < -0.3 is 24.8 Å². The molecular weight excluding hydrogens is 528 g/mol. The number of ether oxygens (including phenoxy) is 3. The van der Waals surface area contributed by atoms with Crippen LogP contribution >= 0.6 is 22.9 Å². The minimum Gasteiger partial charge on any atom is -0.495 e. The molecule has 2 heterocycles. The molecule has 0 saturated carbocycles. The van der Waals surface area contributed by atoms with Crippen LogP contribution in [0, 0.1) is 0 Å². The van der Waals surface area contributed by atoms with Gasteiger partial charge in [0.2, 0.25) is 0 Å². The quantitative estimate of drug-likeness (QED) is 0.214. The number of hydrogen-bond acceptors (Lipinski definition) is 7. The molecule has 2 N–H and O–H groups in total. The molecule has 3 aromatic carbocycles. The van der Waals surface area contributed by atoms with E-state index < -0.39 is 5.97 Å². The third kappa shape index (κ3) is 5.22. The Morgan fingerprint density at radius 3 is 2.71 bits per heavy atom. The summed E-state index contributed by atoms with van der Waals surface area (Å²) in [6.45, 7) is 2.30. The van der Waals surface area contributed by atoms with Crippen molar-refractivity contribution in [2.75, 3.05) is 19.0 Å². The number of amides is 2. The number of carbonyl (C=O) groups is 2. The maximum atomic E-state index is 12.5. The average molecular weight is 551 g/mol. The lowest BCUT2D eigenvalue weighted by atomic mass is 10.2. The van der Waals surface area contributed by atoms with Crippen LogP contribution in [-0.4, -0.2) is 35.1 Å². The van der Waals surface area contributed by atoms with Crippen molar-refractivity contribution in [3.05, 3.63) is 83.1 Å². The van der Waals surface area contributed by atoms with Gasteiger partial charge in [0.1, 0.15) is 17.2 Å². The van der Waals surface area contributed by atoms with Crippen LogP contribution in [-0.2, 0) is 11.3 Å². The number of benzene rings is 3. The van der Waals surface area contributed by atoms with Gasteiger partial charge in [-0.25, -0.2) is 14.6 Å². The Labute approximate surface area is 226 Å². The number of rotatable bonds is 8. The molecule has 9 nitrogen and oxygen atoms in total. The van der Waals surface area contributed by atoms with Gasteiger partial charge in [-0.1, -0.05) is 41.1 Å². The number of aromatic nitrogens is 2. The van der Waals surface area contributed by atoms with Crippen LogP contribution in [0.25, 0.3) is 15.2 Å². The first-order chi connectivity index (χ1) is 18.5. The monoisotopic (exact) mass is 550 g/mol. The molecule has 0 fully saturated rings. The number of urea groups is 1. The van der Waals surface area contributed by atoms with Crippen molar-refractivity contribution < 1.29 is 23.8 Å². The van der Waals surface area contributed by atoms with Gasteiger partial charge in [-0.2, -0.15) is 0 Å². The molecule has 2 amide bonds. The molecule has 0 radical (unpaired) electrons. The maximum Gasteiger partial charge on any atom is 0.357 e. The second-order valence-corrected chi connectivity index (χ2v) is 9.50. The number of halogens is 1. The first kappa shape index (κ1) is 25.4. The van der Waals surface area contributed by atoms with Crippen molar-refractivity contribution >= 4 is 55.8 Å². The van der Waals surface area contributed by atoms with Crippen LogP contribution in [0.1, 0.15) is 23.0 Å². The Hall–Kier alpha value is -4.28. The van der Waals surface area contributed by atoms with Gasteiger partial charge in [-0.3, -0.25) is 4.40 Å². The van der Waals surface area contributed by atoms with E-state index in [-0.39, 0.29) is 19.2 Å². The van der Waals surface area contributed by atoms with Crippen molar-refractivity contribution in [3.63, 3.8) is 0 Å². The molecular formula is C27H23ClN4O5S. The summed E-state index contributed by atoms with van der Waals surface area (Å²) in [5, 5.41) is 5.99. The Bertz CT molecular complexity index is 1650. The van der Waals surface area contributed by atoms with E-state index in [4.69, 9.17) is 25.8 Å². The summed E-state index contributed by atoms with van der Waals surface area (Å²) in [5.41, 5.74) is 2.55. The number of esters is 1. The van der Waals surface area contributed by atoms with Gasteiger partial charge in [0.25, 0.3) is 0 Å². The highest BCUT2D eigenvalue weighted by atomic mass is 35.5. The Morgan fingerprint density at radius 1 is 1.08 bits per heavy atom. The average Bonchev–Trinajstić information content (AvgIpc) is 3.47. The number of para-hydroxylation sites is 1. The van der Waals surface area contributed by atoms with Crippen molar-refractivity contribution in [3.8, 4) is 17.2 Å². The molecule has 0 unspecified atom stereocenters. The highest BCUT2D eigenvalue weighted by Crippen LogP contribution is 2.33. The summed E-state index contributed by atoms with van der Waals surface area (Å²) in [7, 11) is 1.53. The fourth-order valence-electron chi connectivity index (χ4n) is 3.88. The maximum absolute atomic E-state index is 12.5. The summed E-state index contributed by atoms with van der Waals surface area (Å²) >= 11 is 7.58. The predicted molar refractivity (Wildman–Crippen MR) is 147 cm³/mol. The van der Waals surface area contributed by atoms with E-state index in [1.807, 2.05) is 42.5 Å². The second-order valence-electron chi connectivity index (χ2n) is 8.08. The third-order valence-electron chi connectivity index (χ3n) is 5.64. The Kier molecular flexibility index (Phi) is 7.34. The Morgan fingerprint density at radius 2 is 1.92 bits per heavy atom. The molecule has 0 aliphatic carbocycles. The standard InChI is InChI=1S/C27H23ClN4O5S/c1-3-36-25(33)21-15-30-27-32(21)20-10-9-18(13-24(20)38-27)37-22-7-5-4-6-16(22)14-29-26(34)31-17-8-11-23(35-2)19(28)12-17/h4-13,15H,3,14H2,1-2H3,(H2,29,31,34). The molecule has 5 aromatic rings. The van der Waals surface area contributed by atoms with Crippen LogP contribution in [0.5, 0.6) is 17.2 Å². The van der Waals surface area contributed by atoms with E-state index in [0.717, 1.165) is 15.8 Å². The number of thiazole rings is 1. The van der Waals surface area contributed by atoms with Crippen LogP contribution in [0.3, 0.4) is 0 Å². The van der Waals surface area contributed by atoms with Crippen molar-refractivity contribution in [2.45, 2.75) is 13.5 Å². The van der Waals surface area contributed by atoms with Gasteiger partial charge >= 0.3 is 12.0 Å². The van der Waals surface area contributed by atoms with E-state index in [2.05, 4.69) is 15.6 Å².